The first-order chi connectivity index (χ1) is 11.4. The number of hydrogen-bond acceptors (Lipinski definition) is 2. The van der Waals surface area contributed by atoms with Crippen LogP contribution in [0, 0.1) is 0 Å². The Labute approximate surface area is 151 Å². The molecule has 0 radical (unpaired) electrons. The third-order valence-electron chi connectivity index (χ3n) is 5.60. The molecule has 0 saturated carbocycles. The highest BCUT2D eigenvalue weighted by atomic mass is 35.5. The van der Waals surface area contributed by atoms with Crippen molar-refractivity contribution in [2.45, 2.75) is 44.2 Å². The second kappa shape index (κ2) is 7.58. The molecule has 1 heterocycles. The molecule has 0 N–H and O–H groups in total. The van der Waals surface area contributed by atoms with Crippen molar-refractivity contribution in [2.24, 2.45) is 0 Å². The van der Waals surface area contributed by atoms with Gasteiger partial charge in [-0.25, -0.2) is 0 Å². The van der Waals surface area contributed by atoms with E-state index < -0.39 is 0 Å². The predicted molar refractivity (Wildman–Crippen MR) is 101 cm³/mol. The zero-order valence-electron chi connectivity index (χ0n) is 14.3. The Balaban J connectivity index is 0.00000169. The summed E-state index contributed by atoms with van der Waals surface area (Å²) < 4.78 is 5.60. The monoisotopic (exact) mass is 343 g/mol. The van der Waals surface area contributed by atoms with Gasteiger partial charge in [0, 0.05) is 12.6 Å². The van der Waals surface area contributed by atoms with Crippen molar-refractivity contribution < 1.29 is 4.74 Å². The summed E-state index contributed by atoms with van der Waals surface area (Å²) in [6, 6.07) is 18.2. The van der Waals surface area contributed by atoms with Gasteiger partial charge in [-0.15, -0.1) is 12.4 Å². The molecule has 1 aliphatic carbocycles. The SMILES string of the molecule is COc1cccc2c1CC[C@H]1[C@H]2CCCN1Cc1ccccc1.Cl. The van der Waals surface area contributed by atoms with Crippen molar-refractivity contribution >= 4 is 12.4 Å². The summed E-state index contributed by atoms with van der Waals surface area (Å²) in [6.45, 7) is 2.32. The summed E-state index contributed by atoms with van der Waals surface area (Å²) in [6.07, 6.45) is 5.01. The van der Waals surface area contributed by atoms with Crippen molar-refractivity contribution in [2.75, 3.05) is 13.7 Å². The molecule has 0 amide bonds. The topological polar surface area (TPSA) is 12.5 Å². The van der Waals surface area contributed by atoms with Crippen LogP contribution >= 0.6 is 12.4 Å². The minimum atomic E-state index is 0. The normalized spacial score (nSPS) is 22.9. The van der Waals surface area contributed by atoms with Crippen molar-refractivity contribution in [3.05, 3.63) is 65.2 Å². The number of rotatable bonds is 3. The van der Waals surface area contributed by atoms with Gasteiger partial charge in [0.15, 0.2) is 0 Å². The fraction of sp³-hybridized carbons (Fsp3) is 0.429. The average Bonchev–Trinajstić information content (AvgIpc) is 2.62. The number of hydrogen-bond donors (Lipinski definition) is 0. The molecule has 0 aromatic heterocycles. The number of piperidine rings is 1. The summed E-state index contributed by atoms with van der Waals surface area (Å²) in [5.74, 6) is 1.76. The molecule has 2 aliphatic rings. The van der Waals surface area contributed by atoms with E-state index in [1.165, 1.54) is 36.9 Å². The predicted octanol–water partition coefficient (Wildman–Crippen LogP) is 4.81. The summed E-state index contributed by atoms with van der Waals surface area (Å²) in [7, 11) is 1.80. The maximum absolute atomic E-state index is 5.60. The van der Waals surface area contributed by atoms with Gasteiger partial charge in [-0.3, -0.25) is 4.90 Å². The van der Waals surface area contributed by atoms with Gasteiger partial charge in [0.05, 0.1) is 7.11 Å². The van der Waals surface area contributed by atoms with Crippen LogP contribution in [0.15, 0.2) is 48.5 Å². The molecule has 2 nitrogen and oxygen atoms in total. The van der Waals surface area contributed by atoms with Crippen LogP contribution in [0.25, 0.3) is 0 Å². The fourth-order valence-electron chi connectivity index (χ4n) is 4.57. The largest absolute Gasteiger partial charge is 0.496 e. The molecule has 0 unspecified atom stereocenters. The first-order valence-corrected chi connectivity index (χ1v) is 8.80. The van der Waals surface area contributed by atoms with E-state index >= 15 is 0 Å². The fourth-order valence-corrected chi connectivity index (χ4v) is 4.57. The lowest BCUT2D eigenvalue weighted by molar-refractivity contribution is 0.104. The van der Waals surface area contributed by atoms with Gasteiger partial charge in [-0.05, 0) is 60.9 Å². The Bertz CT molecular complexity index is 673. The lowest BCUT2D eigenvalue weighted by Crippen LogP contribution is -2.45. The van der Waals surface area contributed by atoms with Gasteiger partial charge in [0.2, 0.25) is 0 Å². The van der Waals surface area contributed by atoms with E-state index in [0.717, 1.165) is 18.7 Å². The summed E-state index contributed by atoms with van der Waals surface area (Å²) in [5.41, 5.74) is 4.43. The molecule has 1 saturated heterocycles. The van der Waals surface area contributed by atoms with Gasteiger partial charge in [0.1, 0.15) is 5.75 Å². The van der Waals surface area contributed by atoms with Crippen LogP contribution in [0.4, 0.5) is 0 Å². The molecule has 1 aliphatic heterocycles. The quantitative estimate of drug-likeness (QED) is 0.792. The van der Waals surface area contributed by atoms with E-state index in [1.54, 1.807) is 12.7 Å². The lowest BCUT2D eigenvalue weighted by Gasteiger charge is -2.45. The Morgan fingerprint density at radius 3 is 2.67 bits per heavy atom. The van der Waals surface area contributed by atoms with Crippen LogP contribution < -0.4 is 4.74 Å². The maximum atomic E-state index is 5.60. The number of methoxy groups -OCH3 is 1. The van der Waals surface area contributed by atoms with E-state index in [2.05, 4.69) is 53.4 Å². The second-order valence-electron chi connectivity index (χ2n) is 6.84. The summed E-state index contributed by atoms with van der Waals surface area (Å²) >= 11 is 0. The molecule has 3 heteroatoms. The molecule has 24 heavy (non-hydrogen) atoms. The standard InChI is InChI=1S/C21H25NO.ClH/c1-23-21-11-5-9-17-18-10-6-14-22(20(18)13-12-19(17)21)15-16-7-3-2-4-8-16;/h2-5,7-9,11,18,20H,6,10,12-15H2,1H3;1H/t18-,20-;/m0./s1. The number of halogens is 1. The molecule has 0 bridgehead atoms. The molecule has 0 spiro atoms. The number of ether oxygens (including phenoxy) is 1. The van der Waals surface area contributed by atoms with Crippen LogP contribution in [0.1, 0.15) is 41.9 Å². The van der Waals surface area contributed by atoms with Gasteiger partial charge >= 0.3 is 0 Å². The third kappa shape index (κ3) is 3.18. The zero-order chi connectivity index (χ0) is 15.6. The second-order valence-corrected chi connectivity index (χ2v) is 6.84. The zero-order valence-corrected chi connectivity index (χ0v) is 15.1. The van der Waals surface area contributed by atoms with Crippen molar-refractivity contribution in [1.29, 1.82) is 0 Å². The summed E-state index contributed by atoms with van der Waals surface area (Å²) in [5, 5.41) is 0. The minimum absolute atomic E-state index is 0. The lowest BCUT2D eigenvalue weighted by atomic mass is 9.74. The number of fused-ring (bicyclic) bond motifs is 3. The molecule has 2 aromatic rings. The highest BCUT2D eigenvalue weighted by molar-refractivity contribution is 5.85. The maximum Gasteiger partial charge on any atom is 0.122 e. The first kappa shape index (κ1) is 17.3. The van der Waals surface area contributed by atoms with Crippen LogP contribution in [0.5, 0.6) is 5.75 Å². The molecule has 128 valence electrons. The smallest absolute Gasteiger partial charge is 0.122 e. The van der Waals surface area contributed by atoms with Crippen LogP contribution in [-0.4, -0.2) is 24.6 Å². The molecule has 2 aromatic carbocycles. The van der Waals surface area contributed by atoms with Crippen molar-refractivity contribution in [3.8, 4) is 5.75 Å². The Morgan fingerprint density at radius 2 is 1.88 bits per heavy atom. The van der Waals surface area contributed by atoms with Crippen molar-refractivity contribution in [1.82, 2.24) is 4.90 Å². The molecular weight excluding hydrogens is 318 g/mol. The average molecular weight is 344 g/mol. The Morgan fingerprint density at radius 1 is 1.04 bits per heavy atom. The van der Waals surface area contributed by atoms with Gasteiger partial charge in [-0.2, -0.15) is 0 Å². The van der Waals surface area contributed by atoms with Crippen molar-refractivity contribution in [3.63, 3.8) is 0 Å². The van der Waals surface area contributed by atoms with E-state index in [1.807, 2.05) is 0 Å². The van der Waals surface area contributed by atoms with Crippen LogP contribution in [0.3, 0.4) is 0 Å². The van der Waals surface area contributed by atoms with Gasteiger partial charge in [0.25, 0.3) is 0 Å². The van der Waals surface area contributed by atoms with Crippen LogP contribution in [0.2, 0.25) is 0 Å². The van der Waals surface area contributed by atoms with E-state index in [-0.39, 0.29) is 12.4 Å². The minimum Gasteiger partial charge on any atom is -0.496 e. The first-order valence-electron chi connectivity index (χ1n) is 8.80. The molecule has 2 atom stereocenters. The van der Waals surface area contributed by atoms with E-state index in [0.29, 0.717) is 12.0 Å². The number of nitrogens with zero attached hydrogens (tertiary/aromatic N) is 1. The third-order valence-corrected chi connectivity index (χ3v) is 5.60. The van der Waals surface area contributed by atoms with Gasteiger partial charge in [-0.1, -0.05) is 42.5 Å². The van der Waals surface area contributed by atoms with Gasteiger partial charge < -0.3 is 4.74 Å². The summed E-state index contributed by atoms with van der Waals surface area (Å²) in [4.78, 5) is 2.71. The van der Waals surface area contributed by atoms with Crippen LogP contribution in [-0.2, 0) is 13.0 Å². The highest BCUT2D eigenvalue weighted by Gasteiger charge is 2.36. The van der Waals surface area contributed by atoms with E-state index in [4.69, 9.17) is 4.74 Å². The highest BCUT2D eigenvalue weighted by Crippen LogP contribution is 2.43. The molecule has 1 fully saturated rings. The molecule has 4 rings (SSSR count). The Hall–Kier alpha value is -1.51. The van der Waals surface area contributed by atoms with E-state index in [9.17, 15) is 0 Å². The number of benzene rings is 2. The number of likely N-dealkylation sites (tertiary alicyclic amines) is 1. The molecular formula is C21H26ClNO. The Kier molecular flexibility index (Phi) is 5.47.